The number of carbonyl (C=O) groups is 1. The molecule has 3 aromatic rings. The van der Waals surface area contributed by atoms with Gasteiger partial charge in [-0.25, -0.2) is 9.67 Å². The number of rotatable bonds is 5. The predicted molar refractivity (Wildman–Crippen MR) is 91.4 cm³/mol. The molecule has 0 saturated heterocycles. The van der Waals surface area contributed by atoms with Gasteiger partial charge in [0.15, 0.2) is 10.8 Å². The van der Waals surface area contributed by atoms with Gasteiger partial charge in [0, 0.05) is 0 Å². The van der Waals surface area contributed by atoms with Crippen LogP contribution in [0.15, 0.2) is 46.5 Å². The summed E-state index contributed by atoms with van der Waals surface area (Å²) in [5, 5.41) is 4.52. The first-order valence-electron chi connectivity index (χ1n) is 7.47. The fraction of sp³-hybridized carbons (Fsp3) is 0.250. The van der Waals surface area contributed by atoms with Crippen LogP contribution in [0.1, 0.15) is 13.8 Å². The van der Waals surface area contributed by atoms with Crippen LogP contribution in [0.25, 0.3) is 16.7 Å². The van der Waals surface area contributed by atoms with Crippen LogP contribution in [-0.2, 0) is 9.53 Å². The Morgan fingerprint density at radius 3 is 2.83 bits per heavy atom. The maximum Gasteiger partial charge on any atom is 0.319 e. The molecule has 124 valence electrons. The molecule has 1 aromatic carbocycles. The number of hydrogen-bond donors (Lipinski definition) is 1. The first kappa shape index (κ1) is 16.3. The highest BCUT2D eigenvalue weighted by Crippen LogP contribution is 2.22. The molecule has 0 radical (unpaired) electrons. The van der Waals surface area contributed by atoms with E-state index in [2.05, 4.69) is 15.1 Å². The van der Waals surface area contributed by atoms with Crippen LogP contribution in [0.3, 0.4) is 0 Å². The van der Waals surface area contributed by atoms with E-state index in [0.29, 0.717) is 22.8 Å². The lowest BCUT2D eigenvalue weighted by atomic mass is 10.3. The Hall–Kier alpha value is -2.61. The van der Waals surface area contributed by atoms with E-state index in [4.69, 9.17) is 4.74 Å². The number of nitrogens with zero attached hydrogens (tertiary/aromatic N) is 3. The zero-order chi connectivity index (χ0) is 17.1. The summed E-state index contributed by atoms with van der Waals surface area (Å²) in [6.07, 6.45) is 1.48. The highest BCUT2D eigenvalue weighted by Gasteiger charge is 2.18. The van der Waals surface area contributed by atoms with E-state index in [1.165, 1.54) is 6.20 Å². The number of nitrogens with one attached hydrogen (secondary N) is 1. The van der Waals surface area contributed by atoms with Crippen molar-refractivity contribution in [3.05, 3.63) is 46.9 Å². The standard InChI is InChI=1S/C16H16N4O3S/c1-3-23-15(22)10(2)24-16-18-13-12(14(21)19-16)9-17-20(13)11-7-5-4-6-8-11/h4-10H,3H2,1-2H3,(H,18,19,21)/t10-/m1/s1. The summed E-state index contributed by atoms with van der Waals surface area (Å²) >= 11 is 1.15. The molecule has 8 heteroatoms. The van der Waals surface area contributed by atoms with Crippen LogP contribution in [-0.4, -0.2) is 37.6 Å². The Morgan fingerprint density at radius 2 is 2.12 bits per heavy atom. The molecule has 0 bridgehead atoms. The molecule has 0 aliphatic carbocycles. The van der Waals surface area contributed by atoms with Gasteiger partial charge in [-0.2, -0.15) is 5.10 Å². The Labute approximate surface area is 142 Å². The largest absolute Gasteiger partial charge is 0.465 e. The molecule has 24 heavy (non-hydrogen) atoms. The Kier molecular flexibility index (Phi) is 4.66. The fourth-order valence-corrected chi connectivity index (χ4v) is 2.98. The van der Waals surface area contributed by atoms with Gasteiger partial charge in [-0.15, -0.1) is 0 Å². The summed E-state index contributed by atoms with van der Waals surface area (Å²) in [7, 11) is 0. The maximum atomic E-state index is 12.2. The lowest BCUT2D eigenvalue weighted by molar-refractivity contribution is -0.142. The number of ether oxygens (including phenoxy) is 1. The van der Waals surface area contributed by atoms with Gasteiger partial charge >= 0.3 is 5.97 Å². The molecule has 7 nitrogen and oxygen atoms in total. The minimum absolute atomic E-state index is 0.291. The minimum Gasteiger partial charge on any atom is -0.465 e. The molecule has 2 heterocycles. The van der Waals surface area contributed by atoms with Gasteiger partial charge in [-0.3, -0.25) is 9.59 Å². The van der Waals surface area contributed by atoms with E-state index in [0.717, 1.165) is 17.4 Å². The highest BCUT2D eigenvalue weighted by molar-refractivity contribution is 8.00. The summed E-state index contributed by atoms with van der Waals surface area (Å²) in [6.45, 7) is 3.77. The lowest BCUT2D eigenvalue weighted by Crippen LogP contribution is -2.18. The number of thioether (sulfide) groups is 1. The van der Waals surface area contributed by atoms with Gasteiger partial charge in [0.25, 0.3) is 5.56 Å². The van der Waals surface area contributed by atoms with Crippen molar-refractivity contribution < 1.29 is 9.53 Å². The van der Waals surface area contributed by atoms with Crippen molar-refractivity contribution in [2.75, 3.05) is 6.61 Å². The normalized spacial score (nSPS) is 12.2. The number of hydrogen-bond acceptors (Lipinski definition) is 6. The fourth-order valence-electron chi connectivity index (χ4n) is 2.19. The van der Waals surface area contributed by atoms with Crippen molar-refractivity contribution >= 4 is 28.8 Å². The number of fused-ring (bicyclic) bond motifs is 1. The van der Waals surface area contributed by atoms with E-state index in [1.807, 2.05) is 30.3 Å². The van der Waals surface area contributed by atoms with Crippen LogP contribution >= 0.6 is 11.8 Å². The number of benzene rings is 1. The van der Waals surface area contributed by atoms with Crippen molar-refractivity contribution in [2.24, 2.45) is 0 Å². The predicted octanol–water partition coefficient (Wildman–Crippen LogP) is 2.15. The van der Waals surface area contributed by atoms with E-state index in [1.54, 1.807) is 18.5 Å². The molecule has 0 unspecified atom stereocenters. The number of carbonyl (C=O) groups excluding carboxylic acids is 1. The molecule has 3 rings (SSSR count). The Bertz CT molecular complexity index is 920. The molecule has 0 saturated carbocycles. The van der Waals surface area contributed by atoms with Crippen LogP contribution in [0.5, 0.6) is 0 Å². The summed E-state index contributed by atoms with van der Waals surface area (Å²) in [4.78, 5) is 31.1. The summed E-state index contributed by atoms with van der Waals surface area (Å²) < 4.78 is 6.58. The zero-order valence-corrected chi connectivity index (χ0v) is 14.0. The molecular formula is C16H16N4O3S. The summed E-state index contributed by atoms with van der Waals surface area (Å²) in [5.41, 5.74) is 0.962. The van der Waals surface area contributed by atoms with Gasteiger partial charge in [0.1, 0.15) is 10.6 Å². The Balaban J connectivity index is 2.00. The van der Waals surface area contributed by atoms with Crippen LogP contribution < -0.4 is 5.56 Å². The average Bonchev–Trinajstić information content (AvgIpc) is 3.00. The van der Waals surface area contributed by atoms with Crippen molar-refractivity contribution in [2.45, 2.75) is 24.3 Å². The van der Waals surface area contributed by atoms with Gasteiger partial charge in [-0.1, -0.05) is 30.0 Å². The van der Waals surface area contributed by atoms with Crippen LogP contribution in [0.4, 0.5) is 0 Å². The van der Waals surface area contributed by atoms with Gasteiger partial charge in [-0.05, 0) is 26.0 Å². The number of aromatic nitrogens is 4. The number of H-pyrrole nitrogens is 1. The average molecular weight is 344 g/mol. The van der Waals surface area contributed by atoms with E-state index in [-0.39, 0.29) is 11.5 Å². The van der Waals surface area contributed by atoms with Gasteiger partial charge < -0.3 is 9.72 Å². The number of para-hydroxylation sites is 1. The van der Waals surface area contributed by atoms with Crippen molar-refractivity contribution in [3.63, 3.8) is 0 Å². The molecule has 0 amide bonds. The van der Waals surface area contributed by atoms with Crippen molar-refractivity contribution in [3.8, 4) is 5.69 Å². The van der Waals surface area contributed by atoms with Gasteiger partial charge in [0.2, 0.25) is 0 Å². The Morgan fingerprint density at radius 1 is 1.38 bits per heavy atom. The van der Waals surface area contributed by atoms with Crippen LogP contribution in [0.2, 0.25) is 0 Å². The summed E-state index contributed by atoms with van der Waals surface area (Å²) in [5.74, 6) is -0.346. The third-order valence-corrected chi connectivity index (χ3v) is 4.29. The highest BCUT2D eigenvalue weighted by atomic mass is 32.2. The third kappa shape index (κ3) is 3.18. The maximum absolute atomic E-state index is 12.2. The number of esters is 1. The molecule has 1 N–H and O–H groups in total. The van der Waals surface area contributed by atoms with E-state index < -0.39 is 5.25 Å². The molecule has 0 fully saturated rings. The second-order valence-electron chi connectivity index (χ2n) is 5.01. The molecular weight excluding hydrogens is 328 g/mol. The van der Waals surface area contributed by atoms with E-state index >= 15 is 0 Å². The smallest absolute Gasteiger partial charge is 0.319 e. The number of aromatic amines is 1. The van der Waals surface area contributed by atoms with Gasteiger partial charge in [0.05, 0.1) is 18.5 Å². The quantitative estimate of drug-likeness (QED) is 0.433. The SMILES string of the molecule is CCOC(=O)[C@@H](C)Sc1nc2c(cnn2-c2ccccc2)c(=O)[nH]1. The lowest BCUT2D eigenvalue weighted by Gasteiger charge is -2.09. The topological polar surface area (TPSA) is 89.9 Å². The van der Waals surface area contributed by atoms with Crippen molar-refractivity contribution in [1.82, 2.24) is 19.7 Å². The third-order valence-electron chi connectivity index (χ3n) is 3.32. The second-order valence-corrected chi connectivity index (χ2v) is 6.34. The zero-order valence-electron chi connectivity index (χ0n) is 13.2. The second kappa shape index (κ2) is 6.88. The van der Waals surface area contributed by atoms with Crippen molar-refractivity contribution in [1.29, 1.82) is 0 Å². The monoisotopic (exact) mass is 344 g/mol. The molecule has 0 aliphatic rings. The summed E-state index contributed by atoms with van der Waals surface area (Å²) in [6, 6.07) is 9.42. The molecule has 0 aliphatic heterocycles. The first-order chi connectivity index (χ1) is 11.6. The molecule has 2 aromatic heterocycles. The molecule has 0 spiro atoms. The molecule has 1 atom stereocenters. The minimum atomic E-state index is -0.473. The van der Waals surface area contributed by atoms with E-state index in [9.17, 15) is 9.59 Å². The first-order valence-corrected chi connectivity index (χ1v) is 8.35. The van der Waals surface area contributed by atoms with Crippen LogP contribution in [0, 0.1) is 0 Å².